The Morgan fingerprint density at radius 1 is 1.00 bits per heavy atom. The highest BCUT2D eigenvalue weighted by Crippen LogP contribution is 2.22. The number of anilines is 1. The van der Waals surface area contributed by atoms with Crippen LogP contribution in [0.1, 0.15) is 21.5 Å². The number of hydrogen-bond acceptors (Lipinski definition) is 2. The van der Waals surface area contributed by atoms with Crippen molar-refractivity contribution in [3.8, 4) is 5.75 Å². The van der Waals surface area contributed by atoms with Crippen molar-refractivity contribution in [3.05, 3.63) is 93.5 Å². The van der Waals surface area contributed by atoms with E-state index in [2.05, 4.69) is 5.32 Å². The predicted molar refractivity (Wildman–Crippen MR) is 106 cm³/mol. The average Bonchev–Trinajstić information content (AvgIpc) is 2.63. The number of nitrogens with one attached hydrogen (secondary N) is 1. The molecule has 3 nitrogen and oxygen atoms in total. The Hall–Kier alpha value is -2.49. The van der Waals surface area contributed by atoms with Gasteiger partial charge in [0.05, 0.1) is 0 Å². The molecular formula is C21H17Cl2NO2. The smallest absolute Gasteiger partial charge is 0.255 e. The summed E-state index contributed by atoms with van der Waals surface area (Å²) in [6.07, 6.45) is 0. The summed E-state index contributed by atoms with van der Waals surface area (Å²) in [7, 11) is 0. The van der Waals surface area contributed by atoms with Crippen LogP contribution >= 0.6 is 23.2 Å². The maximum absolute atomic E-state index is 12.5. The molecule has 0 fully saturated rings. The molecule has 1 N–H and O–H groups in total. The third kappa shape index (κ3) is 4.57. The van der Waals surface area contributed by atoms with Crippen molar-refractivity contribution in [2.45, 2.75) is 13.5 Å². The van der Waals surface area contributed by atoms with Gasteiger partial charge in [0.15, 0.2) is 0 Å². The van der Waals surface area contributed by atoms with Gasteiger partial charge in [-0.05, 0) is 55.0 Å². The fourth-order valence-corrected chi connectivity index (χ4v) is 2.88. The molecule has 26 heavy (non-hydrogen) atoms. The van der Waals surface area contributed by atoms with E-state index in [1.807, 2.05) is 31.2 Å². The second-order valence-corrected chi connectivity index (χ2v) is 6.66. The lowest BCUT2D eigenvalue weighted by molar-refractivity contribution is 0.102. The van der Waals surface area contributed by atoms with Gasteiger partial charge in [0.1, 0.15) is 12.4 Å². The second-order valence-electron chi connectivity index (χ2n) is 5.82. The van der Waals surface area contributed by atoms with Crippen molar-refractivity contribution >= 4 is 34.8 Å². The monoisotopic (exact) mass is 385 g/mol. The molecule has 0 aromatic heterocycles. The molecule has 3 aromatic rings. The van der Waals surface area contributed by atoms with E-state index in [1.165, 1.54) is 0 Å². The lowest BCUT2D eigenvalue weighted by Gasteiger charge is -2.11. The Bertz CT molecular complexity index is 941. The van der Waals surface area contributed by atoms with Gasteiger partial charge in [-0.2, -0.15) is 0 Å². The first-order valence-electron chi connectivity index (χ1n) is 8.07. The number of ether oxygens (including phenoxy) is 1. The van der Waals surface area contributed by atoms with E-state index in [4.69, 9.17) is 27.9 Å². The maximum Gasteiger partial charge on any atom is 0.255 e. The number of rotatable bonds is 5. The molecule has 3 rings (SSSR count). The van der Waals surface area contributed by atoms with Crippen LogP contribution in [0.3, 0.4) is 0 Å². The van der Waals surface area contributed by atoms with Crippen molar-refractivity contribution in [2.24, 2.45) is 0 Å². The fourth-order valence-electron chi connectivity index (χ4n) is 2.47. The number of halogens is 2. The van der Waals surface area contributed by atoms with Gasteiger partial charge >= 0.3 is 0 Å². The number of aryl methyl sites for hydroxylation is 1. The Labute approximate surface area is 162 Å². The van der Waals surface area contributed by atoms with E-state index < -0.39 is 0 Å². The molecule has 0 atom stereocenters. The molecule has 3 aromatic carbocycles. The number of amides is 1. The predicted octanol–water partition coefficient (Wildman–Crippen LogP) is 6.13. The van der Waals surface area contributed by atoms with Crippen molar-refractivity contribution in [1.82, 2.24) is 0 Å². The summed E-state index contributed by atoms with van der Waals surface area (Å²) in [4.78, 5) is 12.5. The number of carbonyl (C=O) groups is 1. The summed E-state index contributed by atoms with van der Waals surface area (Å²) in [6.45, 7) is 2.23. The number of hydrogen-bond donors (Lipinski definition) is 1. The highest BCUT2D eigenvalue weighted by Gasteiger charge is 2.09. The van der Waals surface area contributed by atoms with E-state index in [1.54, 1.807) is 42.5 Å². The van der Waals surface area contributed by atoms with E-state index in [9.17, 15) is 4.79 Å². The summed E-state index contributed by atoms with van der Waals surface area (Å²) in [5, 5.41) is 4.18. The first-order chi connectivity index (χ1) is 12.5. The molecule has 0 heterocycles. The minimum Gasteiger partial charge on any atom is -0.489 e. The molecule has 0 aliphatic rings. The largest absolute Gasteiger partial charge is 0.489 e. The third-order valence-electron chi connectivity index (χ3n) is 3.89. The quantitative estimate of drug-likeness (QED) is 0.573. The lowest BCUT2D eigenvalue weighted by Crippen LogP contribution is -2.12. The van der Waals surface area contributed by atoms with Crippen molar-refractivity contribution in [2.75, 3.05) is 5.32 Å². The topological polar surface area (TPSA) is 38.3 Å². The molecule has 132 valence electrons. The van der Waals surface area contributed by atoms with Crippen LogP contribution in [0, 0.1) is 6.92 Å². The van der Waals surface area contributed by atoms with Crippen LogP contribution in [0.5, 0.6) is 5.75 Å². The highest BCUT2D eigenvalue weighted by atomic mass is 35.5. The zero-order valence-electron chi connectivity index (χ0n) is 14.1. The minimum atomic E-state index is -0.210. The fraction of sp³-hybridized carbons (Fsp3) is 0.0952. The van der Waals surface area contributed by atoms with Crippen molar-refractivity contribution < 1.29 is 9.53 Å². The second kappa shape index (κ2) is 8.26. The van der Waals surface area contributed by atoms with E-state index in [0.29, 0.717) is 28.0 Å². The third-order valence-corrected chi connectivity index (χ3v) is 4.49. The van der Waals surface area contributed by atoms with Gasteiger partial charge in [0.25, 0.3) is 5.91 Å². The van der Waals surface area contributed by atoms with Crippen LogP contribution in [-0.4, -0.2) is 5.91 Å². The van der Waals surface area contributed by atoms with Crippen LogP contribution in [0.15, 0.2) is 66.7 Å². The normalized spacial score (nSPS) is 10.4. The molecule has 0 saturated heterocycles. The molecule has 0 aliphatic carbocycles. The van der Waals surface area contributed by atoms with Gasteiger partial charge in [0.2, 0.25) is 0 Å². The van der Waals surface area contributed by atoms with Gasteiger partial charge in [-0.15, -0.1) is 0 Å². The summed E-state index contributed by atoms with van der Waals surface area (Å²) in [6, 6.07) is 19.9. The van der Waals surface area contributed by atoms with Gasteiger partial charge in [0, 0.05) is 26.9 Å². The van der Waals surface area contributed by atoms with Gasteiger partial charge in [-0.25, -0.2) is 0 Å². The summed E-state index contributed by atoms with van der Waals surface area (Å²) in [5.74, 6) is 0.393. The van der Waals surface area contributed by atoms with Gasteiger partial charge in [-0.3, -0.25) is 4.79 Å². The molecule has 0 aliphatic heterocycles. The minimum absolute atomic E-state index is 0.210. The zero-order valence-corrected chi connectivity index (χ0v) is 15.6. The molecule has 1 amide bonds. The molecule has 0 radical (unpaired) electrons. The summed E-state index contributed by atoms with van der Waals surface area (Å²) < 4.78 is 5.77. The standard InChI is InChI=1S/C21H17Cl2NO2/c1-14-11-17(22)9-10-20(14)24-21(25)15-6-4-7-18(12-15)26-13-16-5-2-3-8-19(16)23/h2-12H,13H2,1H3,(H,24,25). The van der Waals surface area contributed by atoms with Gasteiger partial charge < -0.3 is 10.1 Å². The highest BCUT2D eigenvalue weighted by molar-refractivity contribution is 6.31. The Morgan fingerprint density at radius 2 is 1.81 bits per heavy atom. The van der Waals surface area contributed by atoms with Gasteiger partial charge in [-0.1, -0.05) is 47.5 Å². The molecule has 0 unspecified atom stereocenters. The Balaban J connectivity index is 1.70. The molecule has 0 saturated carbocycles. The summed E-state index contributed by atoms with van der Waals surface area (Å²) >= 11 is 12.1. The first-order valence-corrected chi connectivity index (χ1v) is 8.82. The SMILES string of the molecule is Cc1cc(Cl)ccc1NC(=O)c1cccc(OCc2ccccc2Cl)c1. The lowest BCUT2D eigenvalue weighted by atomic mass is 10.1. The number of carbonyl (C=O) groups excluding carboxylic acids is 1. The van der Waals surface area contributed by atoms with Crippen LogP contribution in [0.2, 0.25) is 10.0 Å². The van der Waals surface area contributed by atoms with Crippen molar-refractivity contribution in [3.63, 3.8) is 0 Å². The van der Waals surface area contributed by atoms with E-state index in [0.717, 1.165) is 16.8 Å². The molecule has 0 spiro atoms. The van der Waals surface area contributed by atoms with Crippen molar-refractivity contribution in [1.29, 1.82) is 0 Å². The first kappa shape index (κ1) is 18.3. The zero-order chi connectivity index (χ0) is 18.5. The molecule has 0 bridgehead atoms. The van der Waals surface area contributed by atoms with E-state index >= 15 is 0 Å². The van der Waals surface area contributed by atoms with Crippen LogP contribution < -0.4 is 10.1 Å². The van der Waals surface area contributed by atoms with Crippen LogP contribution in [0.25, 0.3) is 0 Å². The van der Waals surface area contributed by atoms with Crippen LogP contribution in [0.4, 0.5) is 5.69 Å². The number of benzene rings is 3. The molecule has 5 heteroatoms. The maximum atomic E-state index is 12.5. The Kier molecular flexibility index (Phi) is 5.82. The summed E-state index contributed by atoms with van der Waals surface area (Å²) in [5.41, 5.74) is 3.02. The molecular weight excluding hydrogens is 369 g/mol. The Morgan fingerprint density at radius 3 is 2.58 bits per heavy atom. The average molecular weight is 386 g/mol. The van der Waals surface area contributed by atoms with Crippen LogP contribution in [-0.2, 0) is 6.61 Å². The van der Waals surface area contributed by atoms with E-state index in [-0.39, 0.29) is 5.91 Å².